The van der Waals surface area contributed by atoms with E-state index in [-0.39, 0.29) is 12.4 Å². The van der Waals surface area contributed by atoms with Crippen LogP contribution in [0, 0.1) is 17.7 Å². The van der Waals surface area contributed by atoms with Crippen molar-refractivity contribution in [2.24, 2.45) is 5.73 Å². The number of piperidine rings is 1. The van der Waals surface area contributed by atoms with Crippen molar-refractivity contribution in [2.45, 2.75) is 31.7 Å². The van der Waals surface area contributed by atoms with Crippen molar-refractivity contribution in [3.63, 3.8) is 0 Å². The van der Waals surface area contributed by atoms with Gasteiger partial charge in [0.2, 0.25) is 0 Å². The number of benzene rings is 1. The van der Waals surface area contributed by atoms with Crippen LogP contribution in [0.1, 0.15) is 31.2 Å². The molecule has 1 aromatic rings. The van der Waals surface area contributed by atoms with Crippen LogP contribution < -0.4 is 10.5 Å². The Balaban J connectivity index is 1.89. The second kappa shape index (κ2) is 8.02. The van der Waals surface area contributed by atoms with E-state index in [9.17, 15) is 4.39 Å². The van der Waals surface area contributed by atoms with Crippen LogP contribution in [0.4, 0.5) is 4.39 Å². The van der Waals surface area contributed by atoms with Gasteiger partial charge in [0.05, 0.1) is 13.2 Å². The van der Waals surface area contributed by atoms with E-state index >= 15 is 0 Å². The highest BCUT2D eigenvalue weighted by Gasteiger charge is 2.18. The molecule has 1 saturated heterocycles. The highest BCUT2D eigenvalue weighted by molar-refractivity contribution is 5.40. The number of hydrogen-bond acceptors (Lipinski definition) is 3. The first-order valence-corrected chi connectivity index (χ1v) is 7.51. The van der Waals surface area contributed by atoms with Gasteiger partial charge in [0, 0.05) is 17.7 Å². The van der Waals surface area contributed by atoms with Crippen molar-refractivity contribution in [3.05, 3.63) is 29.6 Å². The van der Waals surface area contributed by atoms with E-state index < -0.39 is 0 Å². The third kappa shape index (κ3) is 5.04. The normalized spacial score (nSPS) is 18.9. The van der Waals surface area contributed by atoms with Crippen molar-refractivity contribution < 1.29 is 9.13 Å². The lowest BCUT2D eigenvalue weighted by Gasteiger charge is -2.32. The molecule has 0 aromatic heterocycles. The summed E-state index contributed by atoms with van der Waals surface area (Å²) in [6.07, 6.45) is 4.75. The standard InChI is InChI=1S/C17H23FN2O/c1-20-9-3-2-6-16(20)7-10-21-17-12-14(5-4-8-19)11-15(18)13-17/h11-13,16H,2-3,6-10,19H2,1H3. The predicted octanol–water partition coefficient (Wildman–Crippen LogP) is 2.39. The van der Waals surface area contributed by atoms with Crippen LogP contribution in [0.3, 0.4) is 0 Å². The third-order valence-electron chi connectivity index (χ3n) is 3.85. The Morgan fingerprint density at radius 2 is 2.24 bits per heavy atom. The van der Waals surface area contributed by atoms with E-state index in [1.807, 2.05) is 0 Å². The zero-order valence-corrected chi connectivity index (χ0v) is 12.6. The van der Waals surface area contributed by atoms with E-state index in [2.05, 4.69) is 23.8 Å². The number of nitrogens with two attached hydrogens (primary N) is 1. The van der Waals surface area contributed by atoms with E-state index in [4.69, 9.17) is 10.5 Å². The maximum atomic E-state index is 13.5. The molecule has 3 nitrogen and oxygen atoms in total. The monoisotopic (exact) mass is 290 g/mol. The van der Waals surface area contributed by atoms with Gasteiger partial charge >= 0.3 is 0 Å². The molecule has 0 bridgehead atoms. The van der Waals surface area contributed by atoms with Crippen LogP contribution >= 0.6 is 0 Å². The first-order valence-electron chi connectivity index (χ1n) is 7.51. The summed E-state index contributed by atoms with van der Waals surface area (Å²) in [4.78, 5) is 2.39. The first-order chi connectivity index (χ1) is 10.2. The fourth-order valence-electron chi connectivity index (χ4n) is 2.69. The number of halogens is 1. The summed E-state index contributed by atoms with van der Waals surface area (Å²) in [5.74, 6) is 5.76. The highest BCUT2D eigenvalue weighted by Crippen LogP contribution is 2.20. The van der Waals surface area contributed by atoms with Crippen molar-refractivity contribution in [3.8, 4) is 17.6 Å². The van der Waals surface area contributed by atoms with Gasteiger partial charge in [-0.25, -0.2) is 4.39 Å². The summed E-state index contributed by atoms with van der Waals surface area (Å²) in [6.45, 7) is 2.02. The number of likely N-dealkylation sites (tertiary alicyclic amines) is 1. The molecule has 1 unspecified atom stereocenters. The van der Waals surface area contributed by atoms with Crippen LogP contribution in [0.15, 0.2) is 18.2 Å². The maximum Gasteiger partial charge on any atom is 0.128 e. The smallest absolute Gasteiger partial charge is 0.128 e. The van der Waals surface area contributed by atoms with Gasteiger partial charge in [-0.05, 0) is 45.0 Å². The van der Waals surface area contributed by atoms with Gasteiger partial charge in [0.25, 0.3) is 0 Å². The number of rotatable bonds is 4. The number of ether oxygens (including phenoxy) is 1. The van der Waals surface area contributed by atoms with Crippen molar-refractivity contribution in [2.75, 3.05) is 26.7 Å². The van der Waals surface area contributed by atoms with E-state index in [1.165, 1.54) is 31.4 Å². The lowest BCUT2D eigenvalue weighted by atomic mass is 10.0. The molecule has 0 spiro atoms. The molecule has 1 fully saturated rings. The minimum Gasteiger partial charge on any atom is -0.493 e. The molecule has 21 heavy (non-hydrogen) atoms. The van der Waals surface area contributed by atoms with Gasteiger partial charge in [-0.3, -0.25) is 0 Å². The molecule has 1 aliphatic rings. The van der Waals surface area contributed by atoms with Gasteiger partial charge in [-0.15, -0.1) is 0 Å². The number of nitrogens with zero attached hydrogens (tertiary/aromatic N) is 1. The van der Waals surface area contributed by atoms with Gasteiger partial charge in [0.1, 0.15) is 11.6 Å². The molecule has 2 rings (SSSR count). The molecule has 4 heteroatoms. The predicted molar refractivity (Wildman–Crippen MR) is 82.7 cm³/mol. The molecule has 2 N–H and O–H groups in total. The lowest BCUT2D eigenvalue weighted by molar-refractivity contribution is 0.153. The average Bonchev–Trinajstić information content (AvgIpc) is 2.47. The largest absolute Gasteiger partial charge is 0.493 e. The summed E-state index contributed by atoms with van der Waals surface area (Å²) in [6, 6.07) is 5.13. The third-order valence-corrected chi connectivity index (χ3v) is 3.85. The van der Waals surface area contributed by atoms with E-state index in [0.29, 0.717) is 24.0 Å². The lowest BCUT2D eigenvalue weighted by Crippen LogP contribution is -2.37. The molecule has 0 amide bonds. The highest BCUT2D eigenvalue weighted by atomic mass is 19.1. The Kier molecular flexibility index (Phi) is 6.04. The van der Waals surface area contributed by atoms with Gasteiger partial charge in [-0.1, -0.05) is 18.3 Å². The Morgan fingerprint density at radius 1 is 1.38 bits per heavy atom. The van der Waals surface area contributed by atoms with E-state index in [0.717, 1.165) is 13.0 Å². The van der Waals surface area contributed by atoms with Gasteiger partial charge in [-0.2, -0.15) is 0 Å². The van der Waals surface area contributed by atoms with Crippen LogP contribution in [0.5, 0.6) is 5.75 Å². The molecule has 1 heterocycles. The second-order valence-electron chi connectivity index (χ2n) is 5.45. The Hall–Kier alpha value is -1.57. The molecule has 114 valence electrons. The van der Waals surface area contributed by atoms with Crippen LogP contribution in [-0.2, 0) is 0 Å². The zero-order valence-electron chi connectivity index (χ0n) is 12.6. The Labute approximate surface area is 126 Å². The SMILES string of the molecule is CN1CCCCC1CCOc1cc(F)cc(C#CCN)c1. The molecular weight excluding hydrogens is 267 g/mol. The van der Waals surface area contributed by atoms with Gasteiger partial charge < -0.3 is 15.4 Å². The summed E-state index contributed by atoms with van der Waals surface area (Å²) >= 11 is 0. The minimum atomic E-state index is -0.330. The van der Waals surface area contributed by atoms with Crippen LogP contribution in [0.25, 0.3) is 0 Å². The fourth-order valence-corrected chi connectivity index (χ4v) is 2.69. The zero-order chi connectivity index (χ0) is 15.1. The molecule has 1 atom stereocenters. The molecule has 0 radical (unpaired) electrons. The number of hydrogen-bond donors (Lipinski definition) is 1. The molecular formula is C17H23FN2O. The molecule has 1 aromatic carbocycles. The maximum absolute atomic E-state index is 13.5. The quantitative estimate of drug-likeness (QED) is 0.865. The van der Waals surface area contributed by atoms with Crippen molar-refractivity contribution in [1.29, 1.82) is 0 Å². The second-order valence-corrected chi connectivity index (χ2v) is 5.45. The average molecular weight is 290 g/mol. The molecule has 0 aliphatic carbocycles. The molecule has 0 saturated carbocycles. The Bertz CT molecular complexity index is 521. The topological polar surface area (TPSA) is 38.5 Å². The first kappa shape index (κ1) is 15.8. The van der Waals surface area contributed by atoms with Crippen molar-refractivity contribution >= 4 is 0 Å². The summed E-state index contributed by atoms with van der Waals surface area (Å²) in [5, 5.41) is 0. The summed E-state index contributed by atoms with van der Waals surface area (Å²) in [5.41, 5.74) is 5.93. The fraction of sp³-hybridized carbons (Fsp3) is 0.529. The van der Waals surface area contributed by atoms with Crippen molar-refractivity contribution in [1.82, 2.24) is 4.90 Å². The molecule has 1 aliphatic heterocycles. The summed E-state index contributed by atoms with van der Waals surface area (Å²) in [7, 11) is 2.16. The van der Waals surface area contributed by atoms with Crippen LogP contribution in [-0.4, -0.2) is 37.7 Å². The Morgan fingerprint density at radius 3 is 3.00 bits per heavy atom. The van der Waals surface area contributed by atoms with Gasteiger partial charge in [0.15, 0.2) is 0 Å². The van der Waals surface area contributed by atoms with E-state index in [1.54, 1.807) is 6.07 Å². The summed E-state index contributed by atoms with van der Waals surface area (Å²) < 4.78 is 19.2. The van der Waals surface area contributed by atoms with Crippen LogP contribution in [0.2, 0.25) is 0 Å². The minimum absolute atomic E-state index is 0.265.